The van der Waals surface area contributed by atoms with Gasteiger partial charge < -0.3 is 9.47 Å². The highest BCUT2D eigenvalue weighted by molar-refractivity contribution is 9.10. The zero-order valence-corrected chi connectivity index (χ0v) is 22.2. The fourth-order valence-electron chi connectivity index (χ4n) is 3.98. The first kappa shape index (κ1) is 25.8. The summed E-state index contributed by atoms with van der Waals surface area (Å²) < 4.78 is 13.3. The number of para-hydroxylation sites is 1. The molecule has 0 atom stereocenters. The Balaban J connectivity index is 1.56. The first-order valence-electron chi connectivity index (χ1n) is 11.8. The van der Waals surface area contributed by atoms with E-state index in [2.05, 4.69) is 26.0 Å². The molecule has 0 saturated heterocycles. The fraction of sp³-hybridized carbons (Fsp3) is 0.0690. The highest BCUT2D eigenvalue weighted by Crippen LogP contribution is 2.38. The van der Waals surface area contributed by atoms with Crippen LogP contribution in [0.1, 0.15) is 11.1 Å². The molecule has 194 valence electrons. The lowest BCUT2D eigenvalue weighted by molar-refractivity contribution is -0.386. The van der Waals surface area contributed by atoms with Crippen LogP contribution in [0.15, 0.2) is 105 Å². The van der Waals surface area contributed by atoms with Gasteiger partial charge in [-0.1, -0.05) is 70.5 Å². The van der Waals surface area contributed by atoms with Crippen LogP contribution in [0.4, 0.5) is 5.69 Å². The first-order chi connectivity index (χ1) is 18.9. The second kappa shape index (κ2) is 11.3. The summed E-state index contributed by atoms with van der Waals surface area (Å²) in [5, 5.41) is 16.8. The summed E-state index contributed by atoms with van der Waals surface area (Å²) in [6.45, 7) is 0.108. The van der Waals surface area contributed by atoms with Gasteiger partial charge in [-0.2, -0.15) is 9.78 Å². The van der Waals surface area contributed by atoms with Crippen LogP contribution < -0.4 is 15.0 Å². The number of nitro groups is 1. The lowest BCUT2D eigenvalue weighted by Crippen LogP contribution is -2.20. The maximum atomic E-state index is 13.4. The maximum absolute atomic E-state index is 13.4. The number of hydrogen-bond acceptors (Lipinski definition) is 7. The van der Waals surface area contributed by atoms with Gasteiger partial charge in [0, 0.05) is 21.7 Å². The van der Waals surface area contributed by atoms with Crippen LogP contribution in [0.5, 0.6) is 11.5 Å². The number of rotatable bonds is 8. The standard InChI is InChI=1S/C29H21BrN4O5/c1-38-26-16-20(15-25(34(36)37)27(26)39-18-19-11-13-22(30)14-12-19)17-31-33-28(21-7-3-2-4-8-21)32-24-10-6-5-9-23(24)29(33)35/h2-17H,18H2,1H3. The minimum absolute atomic E-state index is 0.00270. The van der Waals surface area contributed by atoms with Gasteiger partial charge in [-0.3, -0.25) is 14.9 Å². The third kappa shape index (κ3) is 5.55. The molecule has 0 bridgehead atoms. The van der Waals surface area contributed by atoms with E-state index >= 15 is 0 Å². The van der Waals surface area contributed by atoms with Gasteiger partial charge in [-0.05, 0) is 35.9 Å². The molecule has 5 rings (SSSR count). The number of halogens is 1. The largest absolute Gasteiger partial charge is 0.493 e. The number of nitro benzene ring substituents is 1. The minimum Gasteiger partial charge on any atom is -0.493 e. The van der Waals surface area contributed by atoms with Gasteiger partial charge in [0.1, 0.15) is 6.61 Å². The summed E-state index contributed by atoms with van der Waals surface area (Å²) in [7, 11) is 1.40. The van der Waals surface area contributed by atoms with Crippen LogP contribution in [-0.2, 0) is 6.61 Å². The average Bonchev–Trinajstić information content (AvgIpc) is 2.96. The van der Waals surface area contributed by atoms with E-state index in [1.807, 2.05) is 60.7 Å². The fourth-order valence-corrected chi connectivity index (χ4v) is 4.24. The van der Waals surface area contributed by atoms with Crippen LogP contribution >= 0.6 is 15.9 Å². The second-order valence-electron chi connectivity index (χ2n) is 8.42. The van der Waals surface area contributed by atoms with E-state index in [-0.39, 0.29) is 29.4 Å². The molecule has 0 fully saturated rings. The summed E-state index contributed by atoms with van der Waals surface area (Å²) >= 11 is 3.38. The van der Waals surface area contributed by atoms with Crippen molar-refractivity contribution in [1.29, 1.82) is 0 Å². The Morgan fingerprint density at radius 1 is 1.03 bits per heavy atom. The third-order valence-electron chi connectivity index (χ3n) is 5.88. The maximum Gasteiger partial charge on any atom is 0.315 e. The smallest absolute Gasteiger partial charge is 0.315 e. The van der Waals surface area contributed by atoms with Gasteiger partial charge in [0.05, 0.1) is 29.2 Å². The zero-order valence-electron chi connectivity index (χ0n) is 20.7. The second-order valence-corrected chi connectivity index (χ2v) is 9.34. The van der Waals surface area contributed by atoms with Crippen molar-refractivity contribution in [3.63, 3.8) is 0 Å². The Morgan fingerprint density at radius 3 is 2.46 bits per heavy atom. The lowest BCUT2D eigenvalue weighted by Gasteiger charge is -2.12. The summed E-state index contributed by atoms with van der Waals surface area (Å²) in [6.07, 6.45) is 1.36. The predicted molar refractivity (Wildman–Crippen MR) is 153 cm³/mol. The zero-order chi connectivity index (χ0) is 27.4. The molecule has 0 unspecified atom stereocenters. The Labute approximate surface area is 231 Å². The van der Waals surface area contributed by atoms with E-state index in [1.165, 1.54) is 24.1 Å². The van der Waals surface area contributed by atoms with Crippen molar-refractivity contribution in [2.24, 2.45) is 5.10 Å². The van der Waals surface area contributed by atoms with Crippen LogP contribution in [0, 0.1) is 10.1 Å². The Hall–Kier alpha value is -4.83. The van der Waals surface area contributed by atoms with Gasteiger partial charge >= 0.3 is 5.69 Å². The molecule has 0 saturated carbocycles. The minimum atomic E-state index is -0.546. The molecule has 0 aliphatic rings. The van der Waals surface area contributed by atoms with Crippen LogP contribution in [0.3, 0.4) is 0 Å². The van der Waals surface area contributed by atoms with E-state index in [0.717, 1.165) is 10.0 Å². The van der Waals surface area contributed by atoms with Crippen molar-refractivity contribution >= 4 is 38.7 Å². The van der Waals surface area contributed by atoms with Crippen LogP contribution in [0.2, 0.25) is 0 Å². The lowest BCUT2D eigenvalue weighted by atomic mass is 10.1. The van der Waals surface area contributed by atoms with Crippen LogP contribution in [-0.4, -0.2) is 27.9 Å². The van der Waals surface area contributed by atoms with Crippen molar-refractivity contribution in [2.75, 3.05) is 7.11 Å². The first-order valence-corrected chi connectivity index (χ1v) is 12.6. The van der Waals surface area contributed by atoms with E-state index in [1.54, 1.807) is 24.3 Å². The summed E-state index contributed by atoms with van der Waals surface area (Å²) in [5.41, 5.74) is 1.74. The number of fused-ring (bicyclic) bond motifs is 1. The quantitative estimate of drug-likeness (QED) is 0.122. The molecular weight excluding hydrogens is 564 g/mol. The molecule has 0 aliphatic carbocycles. The van der Waals surface area contributed by atoms with Gasteiger partial charge in [-0.25, -0.2) is 4.98 Å². The summed E-state index contributed by atoms with van der Waals surface area (Å²) in [6, 6.07) is 26.5. The van der Waals surface area contributed by atoms with Gasteiger partial charge in [0.15, 0.2) is 11.6 Å². The topological polar surface area (TPSA) is 109 Å². The van der Waals surface area contributed by atoms with Crippen molar-refractivity contribution in [1.82, 2.24) is 9.66 Å². The normalized spacial score (nSPS) is 11.1. The monoisotopic (exact) mass is 584 g/mol. The number of nitrogens with zero attached hydrogens (tertiary/aromatic N) is 4. The number of aromatic nitrogens is 2. The molecule has 9 nitrogen and oxygen atoms in total. The van der Waals surface area contributed by atoms with E-state index in [0.29, 0.717) is 27.9 Å². The molecule has 5 aromatic rings. The molecule has 10 heteroatoms. The molecule has 0 radical (unpaired) electrons. The number of methoxy groups -OCH3 is 1. The van der Waals surface area contributed by atoms with Gasteiger partial charge in [0.2, 0.25) is 5.75 Å². The highest BCUT2D eigenvalue weighted by Gasteiger charge is 2.22. The van der Waals surface area contributed by atoms with Crippen molar-refractivity contribution in [3.8, 4) is 22.9 Å². The molecule has 1 heterocycles. The highest BCUT2D eigenvalue weighted by atomic mass is 79.9. The SMILES string of the molecule is COc1cc(C=Nn2c(-c3ccccc3)nc3ccccc3c2=O)cc([N+](=O)[O-])c1OCc1ccc(Br)cc1. The van der Waals surface area contributed by atoms with Gasteiger partial charge in [0.25, 0.3) is 5.56 Å². The molecule has 0 aliphatic heterocycles. The van der Waals surface area contributed by atoms with E-state index < -0.39 is 4.92 Å². The Morgan fingerprint density at radius 2 is 1.74 bits per heavy atom. The number of hydrogen-bond donors (Lipinski definition) is 0. The third-order valence-corrected chi connectivity index (χ3v) is 6.41. The van der Waals surface area contributed by atoms with E-state index in [4.69, 9.17) is 9.47 Å². The predicted octanol–water partition coefficient (Wildman–Crippen LogP) is 6.20. The van der Waals surface area contributed by atoms with Crippen molar-refractivity contribution in [2.45, 2.75) is 6.61 Å². The molecule has 39 heavy (non-hydrogen) atoms. The Bertz CT molecular complexity index is 1750. The average molecular weight is 585 g/mol. The molecular formula is C29H21BrN4O5. The molecule has 0 spiro atoms. The van der Waals surface area contributed by atoms with Crippen molar-refractivity contribution < 1.29 is 14.4 Å². The van der Waals surface area contributed by atoms with E-state index in [9.17, 15) is 14.9 Å². The van der Waals surface area contributed by atoms with Crippen molar-refractivity contribution in [3.05, 3.63) is 127 Å². The Kier molecular flexibility index (Phi) is 7.46. The summed E-state index contributed by atoms with van der Waals surface area (Å²) in [5.74, 6) is 0.499. The molecule has 0 N–H and O–H groups in total. The molecule has 0 amide bonds. The van der Waals surface area contributed by atoms with Crippen LogP contribution in [0.25, 0.3) is 22.3 Å². The number of benzene rings is 4. The summed E-state index contributed by atoms with van der Waals surface area (Å²) in [4.78, 5) is 29.5. The van der Waals surface area contributed by atoms with Gasteiger partial charge in [-0.15, -0.1) is 0 Å². The number of ether oxygens (including phenoxy) is 2. The molecule has 4 aromatic carbocycles. The molecule has 1 aromatic heterocycles.